The molecule has 0 aliphatic carbocycles. The molecule has 1 aromatic heterocycles. The Bertz CT molecular complexity index is 461. The molecule has 0 amide bonds. The van der Waals surface area contributed by atoms with E-state index >= 15 is 0 Å². The summed E-state index contributed by atoms with van der Waals surface area (Å²) in [6, 6.07) is 8.13. The van der Waals surface area contributed by atoms with Gasteiger partial charge in [-0.1, -0.05) is 19.9 Å². The lowest BCUT2D eigenvalue weighted by Gasteiger charge is -2.12. The summed E-state index contributed by atoms with van der Waals surface area (Å²) in [7, 11) is 1.69. The number of nitrogens with zero attached hydrogens (tertiary/aromatic N) is 2. The third-order valence-corrected chi connectivity index (χ3v) is 2.62. The molecule has 2 rings (SSSR count). The molecule has 0 atom stereocenters. The molecule has 0 radical (unpaired) electrons. The van der Waals surface area contributed by atoms with Gasteiger partial charge in [0.2, 0.25) is 0 Å². The van der Waals surface area contributed by atoms with E-state index in [9.17, 15) is 0 Å². The number of hydrogen-bond donors (Lipinski definition) is 0. The zero-order valence-corrected chi connectivity index (χ0v) is 9.84. The highest BCUT2D eigenvalue weighted by atomic mass is 16.5. The van der Waals surface area contributed by atoms with Crippen LogP contribution < -0.4 is 4.74 Å². The molecule has 0 spiro atoms. The molecule has 0 fully saturated rings. The summed E-state index contributed by atoms with van der Waals surface area (Å²) in [6.07, 6.45) is 3.67. The zero-order valence-electron chi connectivity index (χ0n) is 9.84. The van der Waals surface area contributed by atoms with E-state index in [2.05, 4.69) is 31.1 Å². The van der Waals surface area contributed by atoms with E-state index in [-0.39, 0.29) is 0 Å². The second-order valence-corrected chi connectivity index (χ2v) is 4.04. The third-order valence-electron chi connectivity index (χ3n) is 2.62. The van der Waals surface area contributed by atoms with Crippen molar-refractivity contribution in [3.63, 3.8) is 0 Å². The van der Waals surface area contributed by atoms with Crippen molar-refractivity contribution < 1.29 is 4.74 Å². The first-order chi connectivity index (χ1) is 7.72. The number of methoxy groups -OCH3 is 1. The highest BCUT2D eigenvalue weighted by molar-refractivity contribution is 5.48. The Labute approximate surface area is 95.7 Å². The van der Waals surface area contributed by atoms with Gasteiger partial charge in [-0.3, -0.25) is 0 Å². The molecule has 1 aromatic carbocycles. The van der Waals surface area contributed by atoms with Gasteiger partial charge in [0.15, 0.2) is 0 Å². The molecule has 0 bridgehead atoms. The third kappa shape index (κ3) is 1.94. The van der Waals surface area contributed by atoms with Gasteiger partial charge >= 0.3 is 0 Å². The van der Waals surface area contributed by atoms with Crippen molar-refractivity contribution in [3.05, 3.63) is 42.2 Å². The minimum atomic E-state index is 0.501. The number of benzene rings is 1. The smallest absolute Gasteiger partial charge is 0.144 e. The van der Waals surface area contributed by atoms with Crippen LogP contribution in [0, 0.1) is 0 Å². The van der Waals surface area contributed by atoms with Crippen molar-refractivity contribution >= 4 is 0 Å². The Morgan fingerprint density at radius 1 is 1.31 bits per heavy atom. The van der Waals surface area contributed by atoms with Crippen molar-refractivity contribution in [2.75, 3.05) is 7.11 Å². The molecule has 0 aliphatic heterocycles. The highest BCUT2D eigenvalue weighted by Crippen LogP contribution is 2.26. The fourth-order valence-corrected chi connectivity index (χ4v) is 1.65. The minimum Gasteiger partial charge on any atom is -0.494 e. The molecule has 0 aliphatic rings. The minimum absolute atomic E-state index is 0.501. The molecule has 2 aromatic rings. The predicted molar refractivity (Wildman–Crippen MR) is 64.2 cm³/mol. The molecule has 3 nitrogen and oxygen atoms in total. The second-order valence-electron chi connectivity index (χ2n) is 4.04. The maximum atomic E-state index is 5.40. The van der Waals surface area contributed by atoms with Crippen LogP contribution in [-0.4, -0.2) is 16.9 Å². The molecular formula is C13H16N2O. The van der Waals surface area contributed by atoms with Crippen LogP contribution in [0.3, 0.4) is 0 Å². The van der Waals surface area contributed by atoms with Gasteiger partial charge in [0.25, 0.3) is 0 Å². The monoisotopic (exact) mass is 216 g/mol. The van der Waals surface area contributed by atoms with E-state index in [0.717, 1.165) is 11.4 Å². The molecule has 0 unspecified atom stereocenters. The summed E-state index contributed by atoms with van der Waals surface area (Å²) in [5, 5.41) is 4.21. The van der Waals surface area contributed by atoms with E-state index in [1.807, 2.05) is 23.0 Å². The molecular weight excluding hydrogens is 200 g/mol. The van der Waals surface area contributed by atoms with Crippen LogP contribution in [-0.2, 0) is 0 Å². The van der Waals surface area contributed by atoms with Crippen molar-refractivity contribution in [3.8, 4) is 11.4 Å². The Morgan fingerprint density at radius 3 is 2.69 bits per heavy atom. The van der Waals surface area contributed by atoms with Crippen LogP contribution in [0.25, 0.3) is 5.69 Å². The number of aromatic nitrogens is 2. The molecule has 84 valence electrons. The summed E-state index contributed by atoms with van der Waals surface area (Å²) < 4.78 is 7.21. The zero-order chi connectivity index (χ0) is 11.5. The number of rotatable bonds is 3. The van der Waals surface area contributed by atoms with Crippen LogP contribution >= 0.6 is 0 Å². The van der Waals surface area contributed by atoms with Crippen molar-refractivity contribution in [2.24, 2.45) is 0 Å². The lowest BCUT2D eigenvalue weighted by atomic mass is 10.0. The van der Waals surface area contributed by atoms with Gasteiger partial charge in [0, 0.05) is 12.4 Å². The summed E-state index contributed by atoms with van der Waals surface area (Å²) in [4.78, 5) is 0. The average molecular weight is 216 g/mol. The van der Waals surface area contributed by atoms with Gasteiger partial charge in [0.1, 0.15) is 11.4 Å². The van der Waals surface area contributed by atoms with Crippen LogP contribution in [0.2, 0.25) is 0 Å². The average Bonchev–Trinajstić information content (AvgIpc) is 2.81. The van der Waals surface area contributed by atoms with Gasteiger partial charge in [-0.15, -0.1) is 0 Å². The van der Waals surface area contributed by atoms with E-state index < -0.39 is 0 Å². The van der Waals surface area contributed by atoms with Gasteiger partial charge in [-0.2, -0.15) is 5.10 Å². The maximum Gasteiger partial charge on any atom is 0.144 e. The maximum absolute atomic E-state index is 5.40. The summed E-state index contributed by atoms with van der Waals surface area (Å²) >= 11 is 0. The fraction of sp³-hybridized carbons (Fsp3) is 0.308. The first-order valence-corrected chi connectivity index (χ1v) is 5.40. The molecule has 0 saturated heterocycles. The highest BCUT2D eigenvalue weighted by Gasteiger charge is 2.08. The van der Waals surface area contributed by atoms with Gasteiger partial charge < -0.3 is 4.74 Å². The van der Waals surface area contributed by atoms with E-state index in [1.165, 1.54) is 5.56 Å². The van der Waals surface area contributed by atoms with Crippen LogP contribution in [0.15, 0.2) is 36.7 Å². The first-order valence-electron chi connectivity index (χ1n) is 5.40. The normalized spacial score (nSPS) is 10.8. The van der Waals surface area contributed by atoms with Crippen LogP contribution in [0.5, 0.6) is 5.75 Å². The quantitative estimate of drug-likeness (QED) is 0.788. The lowest BCUT2D eigenvalue weighted by Crippen LogP contribution is -1.99. The molecule has 0 saturated carbocycles. The van der Waals surface area contributed by atoms with Gasteiger partial charge in [-0.05, 0) is 29.7 Å². The second kappa shape index (κ2) is 4.39. The van der Waals surface area contributed by atoms with Crippen LogP contribution in [0.4, 0.5) is 0 Å². The standard InChI is InChI=1S/C13H16N2O/c1-10(2)11-5-6-12(13(9-11)16-3)15-8-4-7-14-15/h4-10H,1-3H3. The summed E-state index contributed by atoms with van der Waals surface area (Å²) in [6.45, 7) is 4.34. The topological polar surface area (TPSA) is 27.1 Å². The molecule has 1 heterocycles. The Morgan fingerprint density at radius 2 is 2.12 bits per heavy atom. The van der Waals surface area contributed by atoms with Crippen molar-refractivity contribution in [1.82, 2.24) is 9.78 Å². The Kier molecular flexibility index (Phi) is 2.95. The van der Waals surface area contributed by atoms with Gasteiger partial charge in [-0.25, -0.2) is 4.68 Å². The largest absolute Gasteiger partial charge is 0.494 e. The molecule has 0 N–H and O–H groups in total. The van der Waals surface area contributed by atoms with Crippen LogP contribution in [0.1, 0.15) is 25.3 Å². The Hall–Kier alpha value is -1.77. The van der Waals surface area contributed by atoms with Crippen molar-refractivity contribution in [1.29, 1.82) is 0 Å². The van der Waals surface area contributed by atoms with Gasteiger partial charge in [0.05, 0.1) is 7.11 Å². The lowest BCUT2D eigenvalue weighted by molar-refractivity contribution is 0.411. The van der Waals surface area contributed by atoms with Crippen molar-refractivity contribution in [2.45, 2.75) is 19.8 Å². The summed E-state index contributed by atoms with van der Waals surface area (Å²) in [5.74, 6) is 1.36. The van der Waals surface area contributed by atoms with E-state index in [1.54, 1.807) is 13.3 Å². The predicted octanol–water partition coefficient (Wildman–Crippen LogP) is 3.00. The Balaban J connectivity index is 2.47. The summed E-state index contributed by atoms with van der Waals surface area (Å²) in [5.41, 5.74) is 2.24. The number of ether oxygens (including phenoxy) is 1. The number of hydrogen-bond acceptors (Lipinski definition) is 2. The molecule has 16 heavy (non-hydrogen) atoms. The molecule has 3 heteroatoms. The fourth-order valence-electron chi connectivity index (χ4n) is 1.65. The van der Waals surface area contributed by atoms with E-state index in [4.69, 9.17) is 4.74 Å². The van der Waals surface area contributed by atoms with E-state index in [0.29, 0.717) is 5.92 Å². The first kappa shape index (κ1) is 10.7. The SMILES string of the molecule is COc1cc(C(C)C)ccc1-n1cccn1.